The van der Waals surface area contributed by atoms with Crippen molar-refractivity contribution >= 4 is 39.8 Å². The zero-order chi connectivity index (χ0) is 15.0. The molecule has 0 amide bonds. The van der Waals surface area contributed by atoms with Gasteiger partial charge in [0.1, 0.15) is 16.5 Å². The van der Waals surface area contributed by atoms with Gasteiger partial charge in [0.05, 0.1) is 11.8 Å². The number of nitrogens with zero attached hydrogens (tertiary/aromatic N) is 2. The maximum absolute atomic E-state index is 12.5. The Morgan fingerprint density at radius 3 is 2.59 bits per heavy atom. The Balaban J connectivity index is 0.00000176. The molecule has 9 heteroatoms. The molecule has 0 aliphatic carbocycles. The zero-order valence-electron chi connectivity index (χ0n) is 11.6. The van der Waals surface area contributed by atoms with E-state index in [4.69, 9.17) is 5.73 Å². The molecular formula is C13H16ClF3N4S. The second-order valence-electron chi connectivity index (χ2n) is 5.21. The molecule has 3 N–H and O–H groups in total. The number of rotatable bonds is 2. The minimum Gasteiger partial charge on any atom is -0.383 e. The van der Waals surface area contributed by atoms with Crippen molar-refractivity contribution in [2.45, 2.75) is 31.4 Å². The smallest absolute Gasteiger partial charge is 0.383 e. The van der Waals surface area contributed by atoms with Crippen molar-refractivity contribution in [2.75, 3.05) is 18.8 Å². The van der Waals surface area contributed by atoms with Gasteiger partial charge in [-0.15, -0.1) is 23.7 Å². The first-order chi connectivity index (χ1) is 9.92. The molecule has 22 heavy (non-hydrogen) atoms. The molecule has 2 aromatic rings. The standard InChI is InChI=1S/C13H15F3N4S.ClH/c14-13(15,16)6-8-5-9-10(17)19-11(20-12(9)21-8)7-1-3-18-4-2-7;/h5,7,18H,1-4,6H2,(H2,17,19,20);1H. The van der Waals surface area contributed by atoms with Crippen LogP contribution in [0.5, 0.6) is 0 Å². The van der Waals surface area contributed by atoms with Gasteiger partial charge in [0.25, 0.3) is 0 Å². The van der Waals surface area contributed by atoms with Crippen LogP contribution in [-0.2, 0) is 6.42 Å². The SMILES string of the molecule is Cl.Nc1nc(C2CCNCC2)nc2sc(CC(F)(F)F)cc12. The van der Waals surface area contributed by atoms with Crippen molar-refractivity contribution in [1.82, 2.24) is 15.3 Å². The third-order valence-electron chi connectivity index (χ3n) is 3.57. The van der Waals surface area contributed by atoms with E-state index >= 15 is 0 Å². The van der Waals surface area contributed by atoms with E-state index in [1.165, 1.54) is 6.07 Å². The van der Waals surface area contributed by atoms with Crippen LogP contribution in [0.1, 0.15) is 29.5 Å². The molecule has 0 saturated carbocycles. The lowest BCUT2D eigenvalue weighted by molar-refractivity contribution is -0.126. The molecule has 3 heterocycles. The summed E-state index contributed by atoms with van der Waals surface area (Å²) in [4.78, 5) is 9.52. The Hall–Kier alpha value is -1.12. The van der Waals surface area contributed by atoms with E-state index in [2.05, 4.69) is 15.3 Å². The fraction of sp³-hybridized carbons (Fsp3) is 0.538. The second-order valence-corrected chi connectivity index (χ2v) is 6.33. The highest BCUT2D eigenvalue weighted by molar-refractivity contribution is 7.18. The third kappa shape index (κ3) is 3.80. The summed E-state index contributed by atoms with van der Waals surface area (Å²) in [5, 5.41) is 3.78. The topological polar surface area (TPSA) is 63.8 Å². The van der Waals surface area contributed by atoms with Crippen LogP contribution in [0.25, 0.3) is 10.2 Å². The van der Waals surface area contributed by atoms with Crippen LogP contribution < -0.4 is 11.1 Å². The summed E-state index contributed by atoms with van der Waals surface area (Å²) in [7, 11) is 0. The number of fused-ring (bicyclic) bond motifs is 1. The van der Waals surface area contributed by atoms with E-state index in [9.17, 15) is 13.2 Å². The highest BCUT2D eigenvalue weighted by Gasteiger charge is 2.29. The van der Waals surface area contributed by atoms with Crippen molar-refractivity contribution in [3.63, 3.8) is 0 Å². The molecule has 4 nitrogen and oxygen atoms in total. The number of thiophene rings is 1. The van der Waals surface area contributed by atoms with Crippen molar-refractivity contribution < 1.29 is 13.2 Å². The van der Waals surface area contributed by atoms with E-state index in [0.29, 0.717) is 16.0 Å². The van der Waals surface area contributed by atoms with Gasteiger partial charge in [-0.05, 0) is 32.0 Å². The molecule has 0 unspecified atom stereocenters. The Morgan fingerprint density at radius 2 is 1.95 bits per heavy atom. The van der Waals surface area contributed by atoms with Gasteiger partial charge >= 0.3 is 6.18 Å². The monoisotopic (exact) mass is 352 g/mol. The fourth-order valence-corrected chi connectivity index (χ4v) is 3.63. The van der Waals surface area contributed by atoms with Crippen molar-refractivity contribution in [3.8, 4) is 0 Å². The number of hydrogen-bond acceptors (Lipinski definition) is 5. The van der Waals surface area contributed by atoms with Crippen molar-refractivity contribution in [1.29, 1.82) is 0 Å². The Labute approximate surface area is 135 Å². The number of nitrogens with two attached hydrogens (primary N) is 1. The normalized spacial score (nSPS) is 16.7. The van der Waals surface area contributed by atoms with Gasteiger partial charge in [-0.3, -0.25) is 0 Å². The predicted molar refractivity (Wildman–Crippen MR) is 83.7 cm³/mol. The van der Waals surface area contributed by atoms with Crippen molar-refractivity contribution in [3.05, 3.63) is 16.8 Å². The molecule has 0 spiro atoms. The molecule has 2 aromatic heterocycles. The number of aromatic nitrogens is 2. The molecular weight excluding hydrogens is 337 g/mol. The first-order valence-corrected chi connectivity index (χ1v) is 7.57. The van der Waals surface area contributed by atoms with Gasteiger partial charge in [-0.1, -0.05) is 0 Å². The zero-order valence-corrected chi connectivity index (χ0v) is 13.2. The molecule has 1 aliphatic heterocycles. The summed E-state index contributed by atoms with van der Waals surface area (Å²) in [6.45, 7) is 1.80. The van der Waals surface area contributed by atoms with Crippen LogP contribution in [0.15, 0.2) is 6.07 Å². The molecule has 0 aromatic carbocycles. The number of nitrogen functional groups attached to an aromatic ring is 1. The van der Waals surface area contributed by atoms with Gasteiger partial charge in [0.15, 0.2) is 0 Å². The number of piperidine rings is 1. The Morgan fingerprint density at radius 1 is 1.27 bits per heavy atom. The molecule has 0 radical (unpaired) electrons. The number of alkyl halides is 3. The fourth-order valence-electron chi connectivity index (χ4n) is 2.56. The van der Waals surface area contributed by atoms with Crippen LogP contribution in [-0.4, -0.2) is 29.2 Å². The summed E-state index contributed by atoms with van der Waals surface area (Å²) in [5.74, 6) is 1.16. The molecule has 1 saturated heterocycles. The average molecular weight is 353 g/mol. The van der Waals surface area contributed by atoms with E-state index in [0.717, 1.165) is 37.3 Å². The van der Waals surface area contributed by atoms with E-state index in [1.54, 1.807) is 0 Å². The quantitative estimate of drug-likeness (QED) is 0.870. The minimum atomic E-state index is -4.22. The molecule has 1 fully saturated rings. The minimum absolute atomic E-state index is 0. The summed E-state index contributed by atoms with van der Waals surface area (Å²) in [6.07, 6.45) is -3.32. The highest BCUT2D eigenvalue weighted by atomic mass is 35.5. The van der Waals surface area contributed by atoms with Crippen LogP contribution in [0.2, 0.25) is 0 Å². The maximum atomic E-state index is 12.5. The van der Waals surface area contributed by atoms with Crippen LogP contribution in [0, 0.1) is 0 Å². The number of halogens is 4. The molecule has 3 rings (SSSR count). The summed E-state index contributed by atoms with van der Waals surface area (Å²) in [6, 6.07) is 1.45. The molecule has 122 valence electrons. The number of anilines is 1. The van der Waals surface area contributed by atoms with Crippen LogP contribution in [0.4, 0.5) is 19.0 Å². The average Bonchev–Trinajstić information content (AvgIpc) is 2.80. The van der Waals surface area contributed by atoms with Crippen LogP contribution >= 0.6 is 23.7 Å². The largest absolute Gasteiger partial charge is 0.393 e. The molecule has 0 bridgehead atoms. The van der Waals surface area contributed by atoms with Gasteiger partial charge < -0.3 is 11.1 Å². The lowest BCUT2D eigenvalue weighted by Crippen LogP contribution is -2.27. The van der Waals surface area contributed by atoms with E-state index in [1.807, 2.05) is 0 Å². The van der Waals surface area contributed by atoms with Gasteiger partial charge in [0, 0.05) is 10.8 Å². The maximum Gasteiger partial charge on any atom is 0.393 e. The lowest BCUT2D eigenvalue weighted by atomic mass is 9.97. The number of hydrogen-bond donors (Lipinski definition) is 2. The highest BCUT2D eigenvalue weighted by Crippen LogP contribution is 2.33. The Bertz CT molecular complexity index is 653. The lowest BCUT2D eigenvalue weighted by Gasteiger charge is -2.21. The first-order valence-electron chi connectivity index (χ1n) is 6.76. The summed E-state index contributed by atoms with van der Waals surface area (Å²) >= 11 is 1.05. The van der Waals surface area contributed by atoms with Gasteiger partial charge in [-0.2, -0.15) is 13.2 Å². The third-order valence-corrected chi connectivity index (χ3v) is 4.60. The van der Waals surface area contributed by atoms with Gasteiger partial charge in [-0.25, -0.2) is 9.97 Å². The second kappa shape index (κ2) is 6.55. The van der Waals surface area contributed by atoms with Crippen molar-refractivity contribution in [2.24, 2.45) is 0 Å². The van der Waals surface area contributed by atoms with Crippen LogP contribution in [0.3, 0.4) is 0 Å². The molecule has 0 atom stereocenters. The summed E-state index contributed by atoms with van der Waals surface area (Å²) in [5.41, 5.74) is 5.90. The first kappa shape index (κ1) is 17.2. The van der Waals surface area contributed by atoms with E-state index in [-0.39, 0.29) is 29.0 Å². The summed E-state index contributed by atoms with van der Waals surface area (Å²) < 4.78 is 37.4. The Kier molecular flexibility index (Phi) is 5.14. The number of nitrogens with one attached hydrogen (secondary N) is 1. The predicted octanol–water partition coefficient (Wildman–Crippen LogP) is 3.27. The van der Waals surface area contributed by atoms with Gasteiger partial charge in [0.2, 0.25) is 0 Å². The molecule has 1 aliphatic rings. The van der Waals surface area contributed by atoms with E-state index < -0.39 is 12.6 Å².